The van der Waals surface area contributed by atoms with Crippen LogP contribution in [0, 0.1) is 16.7 Å². The molecule has 2 saturated carbocycles. The standard InChI is InChI=1S/C83H94N6O23/c1-8-104-78(101)110-69(67(54-28-16-10-17-29-54)88-73(96)55-30-18-11-19-31-55)77(100)108-60-46-83(103)72(111-76(99)56-32-20-12-21-33-56)70-81(7,71(95)68(107-50(3)90)66(49(60)2)80(83,5)6)61(45-62-82(70,48-106-62)112-51(4)91)109-79(102)105-47-53-36-38-57(39-37-53)85-74(97)58(34-23-24-42-84)87-75(98)59(44-52-26-14-9-15-27-52)86-63(92)35-22-13-25-43-89-64(93)40-41-65(89)94/h9-12,14-21,26-33,36-41,58-62,67-70,72,103H,8,13,22-25,34-35,42-48,84H2,1-7H3,(H,85,97)(H,86,92)(H,87,98)(H,88,96)/p+1/t58-,59?,60?,61-,62?,67?,68+,69?,70?,72?,81+,82?,83+/m0/s1. The van der Waals surface area contributed by atoms with Crippen LogP contribution < -0.4 is 27.0 Å². The van der Waals surface area contributed by atoms with E-state index in [9.17, 15) is 53.1 Å². The minimum Gasteiger partial charge on any atom is -0.455 e. The summed E-state index contributed by atoms with van der Waals surface area (Å²) in [6.45, 7) is 9.00. The number of nitrogens with one attached hydrogen (secondary N) is 4. The van der Waals surface area contributed by atoms with E-state index in [1.54, 1.807) is 78.9 Å². The second-order valence-electron chi connectivity index (χ2n) is 29.1. The Morgan fingerprint density at radius 2 is 1.29 bits per heavy atom. The average molecular weight is 1540 g/mol. The van der Waals surface area contributed by atoms with Crippen molar-refractivity contribution in [1.82, 2.24) is 20.9 Å². The van der Waals surface area contributed by atoms with E-state index in [2.05, 4.69) is 27.0 Å². The molecule has 3 aliphatic carbocycles. The SMILES string of the molecule is CCOC(=O)OC(C(=O)OC1C[C@@]2(O)C(OC(=O)c3ccccc3)C3C4(OC(C)=O)COC4C[C@H](OC(=O)OCc4ccc(NC(=O)[C@H](CCCC[NH3+])NC(=O)C(Cc5ccccc5)NC(=O)CCCCCN5C(=O)C=CC5=O)cc4)[C@@]3(C)C(=O)[C@H](OC(C)=O)C(=C1C)C2(C)C)C(NC(=O)c1ccccc1)c1ccccc1. The van der Waals surface area contributed by atoms with Crippen molar-refractivity contribution < 1.29 is 116 Å². The van der Waals surface area contributed by atoms with E-state index < -0.39 is 174 Å². The number of benzene rings is 5. The summed E-state index contributed by atoms with van der Waals surface area (Å²) in [5.41, 5.74) is -3.42. The Labute approximate surface area is 647 Å². The van der Waals surface area contributed by atoms with Crippen LogP contribution in [-0.2, 0) is 98.8 Å². The molecule has 6 amide bonds. The van der Waals surface area contributed by atoms with Gasteiger partial charge < -0.3 is 74.7 Å². The first-order valence-corrected chi connectivity index (χ1v) is 37.4. The molecule has 29 heteroatoms. The number of rotatable bonds is 32. The van der Waals surface area contributed by atoms with E-state index in [4.69, 9.17) is 42.6 Å². The van der Waals surface area contributed by atoms with Gasteiger partial charge in [0.15, 0.2) is 17.5 Å². The maximum atomic E-state index is 16.7. The molecule has 2 aliphatic heterocycles. The monoisotopic (exact) mass is 1540 g/mol. The topological polar surface area (TPSA) is 404 Å². The van der Waals surface area contributed by atoms with Crippen molar-refractivity contribution in [1.29, 1.82) is 0 Å². The number of nitrogens with zero attached hydrogens (tertiary/aromatic N) is 1. The molecule has 29 nitrogen and oxygen atoms in total. The van der Waals surface area contributed by atoms with Crippen LogP contribution in [0.5, 0.6) is 0 Å². The van der Waals surface area contributed by atoms with Gasteiger partial charge in [-0.15, -0.1) is 0 Å². The maximum absolute atomic E-state index is 16.7. The van der Waals surface area contributed by atoms with Crippen LogP contribution in [0.1, 0.15) is 150 Å². The molecule has 0 radical (unpaired) electrons. The van der Waals surface area contributed by atoms with E-state index in [0.29, 0.717) is 44.2 Å². The number of ether oxygens (including phenoxy) is 9. The fourth-order valence-electron chi connectivity index (χ4n) is 15.7. The first kappa shape index (κ1) is 83.1. The molecule has 3 fully saturated rings. The van der Waals surface area contributed by atoms with Crippen molar-refractivity contribution in [2.24, 2.45) is 16.7 Å². The number of hydrogen-bond acceptors (Lipinski definition) is 23. The third-order valence-electron chi connectivity index (χ3n) is 21.5. The zero-order chi connectivity index (χ0) is 80.7. The molecule has 5 aromatic rings. The van der Waals surface area contributed by atoms with Gasteiger partial charge in [-0.05, 0) is 117 Å². The summed E-state index contributed by atoms with van der Waals surface area (Å²) in [5.74, 6) is -10.3. The summed E-state index contributed by atoms with van der Waals surface area (Å²) in [7, 11) is 0. The summed E-state index contributed by atoms with van der Waals surface area (Å²) < 4.78 is 54.7. The smallest absolute Gasteiger partial charge is 0.455 e. The third kappa shape index (κ3) is 18.8. The van der Waals surface area contributed by atoms with Crippen molar-refractivity contribution in [2.75, 3.05) is 31.6 Å². The molecule has 5 aromatic carbocycles. The number of imide groups is 1. The molecule has 10 rings (SSSR count). The van der Waals surface area contributed by atoms with Gasteiger partial charge >= 0.3 is 36.2 Å². The summed E-state index contributed by atoms with van der Waals surface area (Å²) in [6, 6.07) is 35.1. The van der Waals surface area contributed by atoms with Crippen LogP contribution in [0.2, 0.25) is 0 Å². The highest BCUT2D eigenvalue weighted by Crippen LogP contribution is 2.65. The molecular formula is C83H95N6O23+. The number of fused-ring (bicyclic) bond motifs is 5. The molecule has 1 saturated heterocycles. The van der Waals surface area contributed by atoms with E-state index in [0.717, 1.165) is 24.3 Å². The normalized spacial score (nSPS) is 23.7. The van der Waals surface area contributed by atoms with Crippen molar-refractivity contribution in [3.8, 4) is 0 Å². The molecule has 13 atom stereocenters. The summed E-state index contributed by atoms with van der Waals surface area (Å²) in [4.78, 5) is 184. The van der Waals surface area contributed by atoms with E-state index >= 15 is 14.4 Å². The molecule has 594 valence electrons. The van der Waals surface area contributed by atoms with Crippen molar-refractivity contribution in [3.63, 3.8) is 0 Å². The van der Waals surface area contributed by atoms with Crippen LogP contribution in [0.3, 0.4) is 0 Å². The summed E-state index contributed by atoms with van der Waals surface area (Å²) >= 11 is 0. The predicted octanol–water partition coefficient (Wildman–Crippen LogP) is 7.33. The molecule has 2 bridgehead atoms. The van der Waals surface area contributed by atoms with Gasteiger partial charge in [0.25, 0.3) is 17.7 Å². The van der Waals surface area contributed by atoms with Crippen LogP contribution in [0.4, 0.5) is 15.3 Å². The van der Waals surface area contributed by atoms with Gasteiger partial charge in [-0.1, -0.05) is 129 Å². The van der Waals surface area contributed by atoms with Gasteiger partial charge in [0, 0.05) is 74.9 Å². The molecule has 0 aromatic heterocycles. The van der Waals surface area contributed by atoms with Gasteiger partial charge in [-0.3, -0.25) is 48.1 Å². The number of aliphatic hydroxyl groups is 1. The quantitative estimate of drug-likeness (QED) is 0.00806. The predicted molar refractivity (Wildman–Crippen MR) is 398 cm³/mol. The summed E-state index contributed by atoms with van der Waals surface area (Å²) in [6.07, 6.45) is -9.46. The molecule has 8 unspecified atom stereocenters. The van der Waals surface area contributed by atoms with Gasteiger partial charge in [0.1, 0.15) is 54.7 Å². The maximum Gasteiger partial charge on any atom is 0.509 e. The van der Waals surface area contributed by atoms with Crippen LogP contribution in [-0.4, -0.2) is 174 Å². The first-order valence-electron chi connectivity index (χ1n) is 37.4. The highest BCUT2D eigenvalue weighted by atomic mass is 16.7. The molecule has 0 spiro atoms. The average Bonchev–Trinajstić information content (AvgIpc) is 0.734. The fraction of sp³-hybridized carbons (Fsp3) is 0.434. The Hall–Kier alpha value is -11.4. The lowest BCUT2D eigenvalue weighted by molar-refractivity contribution is -0.368. The molecule has 8 N–H and O–H groups in total. The second-order valence-corrected chi connectivity index (χ2v) is 29.1. The molecule has 5 aliphatic rings. The van der Waals surface area contributed by atoms with Gasteiger partial charge in [0.2, 0.25) is 23.8 Å². The summed E-state index contributed by atoms with van der Waals surface area (Å²) in [5, 5.41) is 25.8. The van der Waals surface area contributed by atoms with E-state index in [-0.39, 0.29) is 77.8 Å². The Bertz CT molecular complexity index is 4350. The zero-order valence-electron chi connectivity index (χ0n) is 63.5. The minimum absolute atomic E-state index is 0.0193. The number of carbonyl (C=O) groups is 13. The van der Waals surface area contributed by atoms with Crippen LogP contribution >= 0.6 is 0 Å². The van der Waals surface area contributed by atoms with Gasteiger partial charge in [-0.25, -0.2) is 19.2 Å². The minimum atomic E-state index is -2.65. The number of carbonyl (C=O) groups excluding carboxylic acids is 13. The number of anilines is 1. The van der Waals surface area contributed by atoms with Crippen molar-refractivity contribution in [2.45, 2.75) is 185 Å². The molecule has 2 heterocycles. The number of Topliss-reactive ketones (excluding diaryl/α,β-unsaturated/α-hetero) is 1. The highest BCUT2D eigenvalue weighted by Gasteiger charge is 2.79. The Balaban J connectivity index is 0.926. The van der Waals surface area contributed by atoms with E-state index in [1.165, 1.54) is 95.3 Å². The number of unbranched alkanes of at least 4 members (excludes halogenated alkanes) is 3. The van der Waals surface area contributed by atoms with Crippen molar-refractivity contribution in [3.05, 3.63) is 197 Å². The number of quaternary nitrogens is 1. The lowest BCUT2D eigenvalue weighted by atomic mass is 9.44. The molecule has 112 heavy (non-hydrogen) atoms. The molecular weight excluding hydrogens is 1450 g/mol. The van der Waals surface area contributed by atoms with Crippen LogP contribution in [0.25, 0.3) is 0 Å². The fourth-order valence-corrected chi connectivity index (χ4v) is 15.7. The Kier molecular flexibility index (Phi) is 27.1. The highest BCUT2D eigenvalue weighted by molar-refractivity contribution is 6.13. The first-order chi connectivity index (χ1) is 53.5. The number of esters is 4. The Morgan fingerprint density at radius 1 is 0.661 bits per heavy atom. The van der Waals surface area contributed by atoms with Crippen molar-refractivity contribution >= 4 is 83.1 Å². The van der Waals surface area contributed by atoms with Gasteiger partial charge in [0.05, 0.1) is 36.7 Å². The van der Waals surface area contributed by atoms with E-state index in [1.807, 2.05) is 18.2 Å². The second kappa shape index (κ2) is 36.6. The van der Waals surface area contributed by atoms with Crippen LogP contribution in [0.15, 0.2) is 169 Å². The number of amides is 6. The number of hydrogen-bond donors (Lipinski definition) is 6. The lowest BCUT2D eigenvalue weighted by Crippen LogP contribution is -2.82. The lowest BCUT2D eigenvalue weighted by Gasteiger charge is -2.67. The third-order valence-corrected chi connectivity index (χ3v) is 21.5. The zero-order valence-corrected chi connectivity index (χ0v) is 63.5. The number of ketones is 1. The largest absolute Gasteiger partial charge is 0.509 e. The Morgan fingerprint density at radius 3 is 1.90 bits per heavy atom. The van der Waals surface area contributed by atoms with Gasteiger partial charge in [-0.2, -0.15) is 0 Å².